The SMILES string of the molecule is COc1ccc(CCNC(=S)Nc2cccc(S(=O)(=O)Nc3ccccc3)c2)cc1. The fourth-order valence-electron chi connectivity index (χ4n) is 2.75. The predicted octanol–water partition coefficient (Wildman–Crippen LogP) is 4.03. The normalized spacial score (nSPS) is 10.8. The Bertz CT molecular complexity index is 1090. The van der Waals surface area contributed by atoms with E-state index >= 15 is 0 Å². The molecule has 3 aromatic carbocycles. The van der Waals surface area contributed by atoms with Gasteiger partial charge in [0, 0.05) is 17.9 Å². The highest BCUT2D eigenvalue weighted by molar-refractivity contribution is 7.92. The number of anilines is 2. The van der Waals surface area contributed by atoms with E-state index in [-0.39, 0.29) is 4.90 Å². The molecular formula is C22H23N3O3S2. The molecule has 3 N–H and O–H groups in total. The van der Waals surface area contributed by atoms with Crippen molar-refractivity contribution in [1.29, 1.82) is 0 Å². The Kier molecular flexibility index (Phi) is 7.26. The van der Waals surface area contributed by atoms with Crippen LogP contribution in [0.15, 0.2) is 83.8 Å². The van der Waals surface area contributed by atoms with Gasteiger partial charge in [-0.1, -0.05) is 36.4 Å². The van der Waals surface area contributed by atoms with Gasteiger partial charge in [-0.3, -0.25) is 4.72 Å². The number of para-hydroxylation sites is 1. The molecule has 0 heterocycles. The van der Waals surface area contributed by atoms with Crippen LogP contribution in [0.1, 0.15) is 5.56 Å². The third-order valence-electron chi connectivity index (χ3n) is 4.29. The van der Waals surface area contributed by atoms with E-state index in [9.17, 15) is 8.42 Å². The number of hydrogen-bond acceptors (Lipinski definition) is 4. The monoisotopic (exact) mass is 441 g/mol. The number of benzene rings is 3. The summed E-state index contributed by atoms with van der Waals surface area (Å²) in [5, 5.41) is 6.59. The van der Waals surface area contributed by atoms with Crippen LogP contribution < -0.4 is 20.1 Å². The highest BCUT2D eigenvalue weighted by Gasteiger charge is 2.14. The summed E-state index contributed by atoms with van der Waals surface area (Å²) in [5.74, 6) is 0.820. The van der Waals surface area contributed by atoms with Crippen LogP contribution in [0.3, 0.4) is 0 Å². The molecule has 0 amide bonds. The molecule has 3 aromatic rings. The third kappa shape index (κ3) is 6.20. The summed E-state index contributed by atoms with van der Waals surface area (Å²) in [6, 6.07) is 23.1. The van der Waals surface area contributed by atoms with Crippen LogP contribution >= 0.6 is 12.2 Å². The van der Waals surface area contributed by atoms with Crippen molar-refractivity contribution in [2.75, 3.05) is 23.7 Å². The van der Waals surface area contributed by atoms with Crippen LogP contribution in [-0.2, 0) is 16.4 Å². The lowest BCUT2D eigenvalue weighted by Gasteiger charge is -2.13. The maximum Gasteiger partial charge on any atom is 0.261 e. The van der Waals surface area contributed by atoms with Crippen molar-refractivity contribution < 1.29 is 13.2 Å². The van der Waals surface area contributed by atoms with E-state index in [4.69, 9.17) is 17.0 Å². The summed E-state index contributed by atoms with van der Waals surface area (Å²) in [6.07, 6.45) is 0.793. The Balaban J connectivity index is 1.55. The molecule has 3 rings (SSSR count). The molecule has 0 aromatic heterocycles. The number of ether oxygens (including phenoxy) is 1. The maximum absolute atomic E-state index is 12.6. The Labute approximate surface area is 182 Å². The van der Waals surface area contributed by atoms with Crippen LogP contribution in [0.4, 0.5) is 11.4 Å². The first-order valence-corrected chi connectivity index (χ1v) is 11.2. The van der Waals surface area contributed by atoms with Crippen LogP contribution in [0.25, 0.3) is 0 Å². The van der Waals surface area contributed by atoms with Crippen molar-refractivity contribution in [2.45, 2.75) is 11.3 Å². The number of nitrogens with one attached hydrogen (secondary N) is 3. The summed E-state index contributed by atoms with van der Waals surface area (Å²) in [6.45, 7) is 0.645. The zero-order chi connectivity index (χ0) is 21.4. The largest absolute Gasteiger partial charge is 0.497 e. The van der Waals surface area contributed by atoms with Crippen LogP contribution in [-0.4, -0.2) is 27.2 Å². The molecule has 8 heteroatoms. The van der Waals surface area contributed by atoms with Gasteiger partial charge in [0.05, 0.1) is 12.0 Å². The summed E-state index contributed by atoms with van der Waals surface area (Å²) in [4.78, 5) is 0.150. The van der Waals surface area contributed by atoms with Crippen LogP contribution in [0.2, 0.25) is 0 Å². The zero-order valence-corrected chi connectivity index (χ0v) is 18.1. The Morgan fingerprint density at radius 2 is 1.63 bits per heavy atom. The second-order valence-electron chi connectivity index (χ2n) is 6.48. The van der Waals surface area contributed by atoms with Gasteiger partial charge in [0.1, 0.15) is 5.75 Å². The number of sulfonamides is 1. The molecule has 0 radical (unpaired) electrons. The standard InChI is InChI=1S/C22H23N3O3S2/c1-28-20-12-10-17(11-13-20)14-15-23-22(29)24-19-8-5-9-21(16-19)30(26,27)25-18-6-3-2-4-7-18/h2-13,16,25H,14-15H2,1H3,(H2,23,24,29). The molecule has 0 aliphatic rings. The topological polar surface area (TPSA) is 79.5 Å². The summed E-state index contributed by atoms with van der Waals surface area (Å²) >= 11 is 5.33. The average Bonchev–Trinajstić information content (AvgIpc) is 2.75. The molecule has 0 saturated carbocycles. The van der Waals surface area contributed by atoms with Crippen molar-refractivity contribution in [1.82, 2.24) is 5.32 Å². The first-order chi connectivity index (χ1) is 14.5. The van der Waals surface area contributed by atoms with E-state index in [1.807, 2.05) is 30.3 Å². The average molecular weight is 442 g/mol. The highest BCUT2D eigenvalue weighted by Crippen LogP contribution is 2.19. The van der Waals surface area contributed by atoms with Crippen molar-refractivity contribution in [3.05, 3.63) is 84.4 Å². The first-order valence-electron chi connectivity index (χ1n) is 9.32. The lowest BCUT2D eigenvalue weighted by molar-refractivity contribution is 0.414. The van der Waals surface area contributed by atoms with Crippen molar-refractivity contribution in [3.8, 4) is 5.75 Å². The molecule has 30 heavy (non-hydrogen) atoms. The van der Waals surface area contributed by atoms with Crippen molar-refractivity contribution in [2.24, 2.45) is 0 Å². The number of rotatable bonds is 8. The number of thiocarbonyl (C=S) groups is 1. The van der Waals surface area contributed by atoms with Crippen LogP contribution in [0, 0.1) is 0 Å². The maximum atomic E-state index is 12.6. The van der Waals surface area contributed by atoms with Gasteiger partial charge in [0.25, 0.3) is 10.0 Å². The molecule has 0 bridgehead atoms. The second kappa shape index (κ2) is 10.1. The summed E-state index contributed by atoms with van der Waals surface area (Å²) < 4.78 is 32.9. The van der Waals surface area contributed by atoms with E-state index in [0.29, 0.717) is 23.0 Å². The predicted molar refractivity (Wildman–Crippen MR) is 125 cm³/mol. The molecule has 156 valence electrons. The van der Waals surface area contributed by atoms with Gasteiger partial charge < -0.3 is 15.4 Å². The van der Waals surface area contributed by atoms with Crippen LogP contribution in [0.5, 0.6) is 5.75 Å². The molecule has 0 atom stereocenters. The van der Waals surface area contributed by atoms with Gasteiger partial charge in [-0.25, -0.2) is 8.42 Å². The van der Waals surface area contributed by atoms with E-state index < -0.39 is 10.0 Å². The molecule has 0 unspecified atom stereocenters. The Morgan fingerprint density at radius 3 is 2.33 bits per heavy atom. The lowest BCUT2D eigenvalue weighted by atomic mass is 10.1. The zero-order valence-electron chi connectivity index (χ0n) is 16.5. The fourth-order valence-corrected chi connectivity index (χ4v) is 4.07. The number of methoxy groups -OCH3 is 1. The summed E-state index contributed by atoms with van der Waals surface area (Å²) in [7, 11) is -2.06. The minimum absolute atomic E-state index is 0.150. The van der Waals surface area contributed by atoms with Gasteiger partial charge in [-0.05, 0) is 66.7 Å². The molecular weight excluding hydrogens is 418 g/mol. The molecule has 0 aliphatic heterocycles. The first kappa shape index (κ1) is 21.6. The smallest absolute Gasteiger partial charge is 0.261 e. The fraction of sp³-hybridized carbons (Fsp3) is 0.136. The van der Waals surface area contributed by atoms with E-state index in [0.717, 1.165) is 17.7 Å². The van der Waals surface area contributed by atoms with Crippen molar-refractivity contribution >= 4 is 38.7 Å². The van der Waals surface area contributed by atoms with E-state index in [1.54, 1.807) is 49.6 Å². The molecule has 0 saturated heterocycles. The lowest BCUT2D eigenvalue weighted by Crippen LogP contribution is -2.30. The minimum Gasteiger partial charge on any atom is -0.497 e. The van der Waals surface area contributed by atoms with Gasteiger partial charge in [-0.15, -0.1) is 0 Å². The molecule has 0 aliphatic carbocycles. The third-order valence-corrected chi connectivity index (χ3v) is 5.91. The highest BCUT2D eigenvalue weighted by atomic mass is 32.2. The second-order valence-corrected chi connectivity index (χ2v) is 8.57. The van der Waals surface area contributed by atoms with Crippen molar-refractivity contribution in [3.63, 3.8) is 0 Å². The van der Waals surface area contributed by atoms with Gasteiger partial charge >= 0.3 is 0 Å². The Morgan fingerprint density at radius 1 is 0.933 bits per heavy atom. The van der Waals surface area contributed by atoms with E-state index in [2.05, 4.69) is 15.4 Å². The molecule has 0 fully saturated rings. The quantitative estimate of drug-likeness (QED) is 0.458. The number of hydrogen-bond donors (Lipinski definition) is 3. The summed E-state index contributed by atoms with van der Waals surface area (Å²) in [5.41, 5.74) is 2.26. The minimum atomic E-state index is -3.69. The van der Waals surface area contributed by atoms with Gasteiger partial charge in [-0.2, -0.15) is 0 Å². The van der Waals surface area contributed by atoms with E-state index in [1.165, 1.54) is 6.07 Å². The van der Waals surface area contributed by atoms with Gasteiger partial charge in [0.2, 0.25) is 0 Å². The van der Waals surface area contributed by atoms with Gasteiger partial charge in [0.15, 0.2) is 5.11 Å². The molecule has 0 spiro atoms. The Hall–Kier alpha value is -3.10. The molecule has 6 nitrogen and oxygen atoms in total.